The maximum absolute atomic E-state index is 4.34. The minimum atomic E-state index is 0.863. The summed E-state index contributed by atoms with van der Waals surface area (Å²) in [5.74, 6) is 2.98. The summed E-state index contributed by atoms with van der Waals surface area (Å²) in [6.45, 7) is 4.14. The van der Waals surface area contributed by atoms with Crippen molar-refractivity contribution in [2.24, 2.45) is 4.99 Å². The van der Waals surface area contributed by atoms with Gasteiger partial charge in [0.1, 0.15) is 0 Å². The standard InChI is InChI=1S/C16H19N/c1-3-5-6-7-8-11-14-17-16-13-10-9-12-15(16)4-2/h3,5-7,9-13H,4,8H2,1-2H3/b5-3-,7-6-. The molecule has 0 spiro atoms. The van der Waals surface area contributed by atoms with Crippen molar-refractivity contribution < 1.29 is 0 Å². The summed E-state index contributed by atoms with van der Waals surface area (Å²) in [4.78, 5) is 4.34. The topological polar surface area (TPSA) is 12.4 Å². The van der Waals surface area contributed by atoms with Crippen LogP contribution in [0.4, 0.5) is 5.69 Å². The van der Waals surface area contributed by atoms with Crippen molar-refractivity contribution in [3.05, 3.63) is 60.2 Å². The first-order valence-corrected chi connectivity index (χ1v) is 6.02. The van der Waals surface area contributed by atoms with Crippen LogP contribution in [0.1, 0.15) is 25.8 Å². The lowest BCUT2D eigenvalue weighted by Gasteiger charge is -1.98. The molecule has 0 saturated carbocycles. The molecule has 0 aromatic heterocycles. The summed E-state index contributed by atoms with van der Waals surface area (Å²) in [5.41, 5.74) is 2.28. The summed E-state index contributed by atoms with van der Waals surface area (Å²) in [6, 6.07) is 8.18. The van der Waals surface area contributed by atoms with Gasteiger partial charge in [0.05, 0.1) is 5.69 Å². The Labute approximate surface area is 104 Å². The van der Waals surface area contributed by atoms with Crippen LogP contribution < -0.4 is 0 Å². The Balaban J connectivity index is 2.60. The van der Waals surface area contributed by atoms with E-state index in [1.54, 1.807) is 0 Å². The Hall–Kier alpha value is -1.85. The van der Waals surface area contributed by atoms with Crippen molar-refractivity contribution in [3.8, 4) is 0 Å². The SMILES string of the molecule is C/C=C\C=C/CC=C=Nc1ccccc1CC. The molecule has 0 radical (unpaired) electrons. The minimum Gasteiger partial charge on any atom is -0.206 e. The number of benzene rings is 1. The molecule has 0 atom stereocenters. The van der Waals surface area contributed by atoms with Crippen LogP contribution in [0, 0.1) is 0 Å². The molecule has 1 rings (SSSR count). The third kappa shape index (κ3) is 5.14. The molecule has 0 amide bonds. The quantitative estimate of drug-likeness (QED) is 0.512. The zero-order valence-corrected chi connectivity index (χ0v) is 10.6. The van der Waals surface area contributed by atoms with Crippen LogP contribution in [-0.4, -0.2) is 5.87 Å². The van der Waals surface area contributed by atoms with Gasteiger partial charge in [0, 0.05) is 0 Å². The average Bonchev–Trinajstić information content (AvgIpc) is 2.38. The lowest BCUT2D eigenvalue weighted by Crippen LogP contribution is -1.79. The van der Waals surface area contributed by atoms with Crippen LogP contribution in [0.5, 0.6) is 0 Å². The van der Waals surface area contributed by atoms with E-state index in [2.05, 4.69) is 29.9 Å². The highest BCUT2D eigenvalue weighted by Gasteiger charge is 1.94. The van der Waals surface area contributed by atoms with Crippen molar-refractivity contribution in [2.75, 3.05) is 0 Å². The largest absolute Gasteiger partial charge is 0.206 e. The lowest BCUT2D eigenvalue weighted by atomic mass is 10.1. The molecule has 0 unspecified atom stereocenters. The molecule has 0 aliphatic heterocycles. The molecular formula is C16H19N. The highest BCUT2D eigenvalue weighted by atomic mass is 14.7. The van der Waals surface area contributed by atoms with Crippen LogP contribution in [0.25, 0.3) is 0 Å². The molecule has 88 valence electrons. The summed E-state index contributed by atoms with van der Waals surface area (Å²) >= 11 is 0. The number of hydrogen-bond donors (Lipinski definition) is 0. The molecule has 1 nitrogen and oxygen atoms in total. The molecule has 0 heterocycles. The molecule has 0 saturated heterocycles. The summed E-state index contributed by atoms with van der Waals surface area (Å²) in [5, 5.41) is 0. The van der Waals surface area contributed by atoms with Gasteiger partial charge in [-0.15, -0.1) is 0 Å². The third-order valence-electron chi connectivity index (χ3n) is 2.34. The Kier molecular flexibility index (Phi) is 6.47. The molecule has 0 aliphatic rings. The number of aryl methyl sites for hydroxylation is 1. The third-order valence-corrected chi connectivity index (χ3v) is 2.34. The van der Waals surface area contributed by atoms with Gasteiger partial charge in [-0.2, -0.15) is 0 Å². The van der Waals surface area contributed by atoms with Crippen LogP contribution in [0.15, 0.2) is 59.6 Å². The van der Waals surface area contributed by atoms with E-state index in [1.165, 1.54) is 5.56 Å². The lowest BCUT2D eigenvalue weighted by molar-refractivity contribution is 1.13. The minimum absolute atomic E-state index is 0.863. The van der Waals surface area contributed by atoms with Crippen LogP contribution in [0.2, 0.25) is 0 Å². The zero-order chi connectivity index (χ0) is 12.3. The predicted octanol–water partition coefficient (Wildman–Crippen LogP) is 4.63. The van der Waals surface area contributed by atoms with Crippen molar-refractivity contribution in [1.29, 1.82) is 0 Å². The molecule has 0 fully saturated rings. The Morgan fingerprint density at radius 3 is 2.82 bits per heavy atom. The highest BCUT2D eigenvalue weighted by Crippen LogP contribution is 2.17. The van der Waals surface area contributed by atoms with E-state index in [9.17, 15) is 0 Å². The zero-order valence-electron chi connectivity index (χ0n) is 10.6. The van der Waals surface area contributed by atoms with E-state index in [-0.39, 0.29) is 0 Å². The van der Waals surface area contributed by atoms with E-state index in [0.717, 1.165) is 18.5 Å². The van der Waals surface area contributed by atoms with Gasteiger partial charge in [-0.25, -0.2) is 4.99 Å². The summed E-state index contributed by atoms with van der Waals surface area (Å²) in [7, 11) is 0. The molecule has 0 bridgehead atoms. The number of para-hydroxylation sites is 1. The number of allylic oxidation sites excluding steroid dienone is 5. The van der Waals surface area contributed by atoms with Crippen LogP contribution in [0.3, 0.4) is 0 Å². The Morgan fingerprint density at radius 2 is 2.06 bits per heavy atom. The first-order chi connectivity index (χ1) is 8.38. The van der Waals surface area contributed by atoms with E-state index in [4.69, 9.17) is 0 Å². The number of rotatable bonds is 5. The number of nitrogens with zero attached hydrogens (tertiary/aromatic N) is 1. The van der Waals surface area contributed by atoms with Crippen molar-refractivity contribution in [1.82, 2.24) is 0 Å². The van der Waals surface area contributed by atoms with Gasteiger partial charge in [0.15, 0.2) is 0 Å². The van der Waals surface area contributed by atoms with Gasteiger partial charge in [-0.1, -0.05) is 49.4 Å². The number of hydrogen-bond acceptors (Lipinski definition) is 1. The monoisotopic (exact) mass is 225 g/mol. The van der Waals surface area contributed by atoms with E-state index >= 15 is 0 Å². The van der Waals surface area contributed by atoms with Crippen LogP contribution >= 0.6 is 0 Å². The maximum Gasteiger partial charge on any atom is 0.0761 e. The fourth-order valence-corrected chi connectivity index (χ4v) is 1.42. The van der Waals surface area contributed by atoms with E-state index in [1.807, 2.05) is 49.4 Å². The Bertz CT molecular complexity index is 446. The van der Waals surface area contributed by atoms with Crippen molar-refractivity contribution in [2.45, 2.75) is 26.7 Å². The molecular weight excluding hydrogens is 206 g/mol. The second-order valence-corrected chi connectivity index (χ2v) is 3.62. The Morgan fingerprint density at radius 1 is 1.24 bits per heavy atom. The van der Waals surface area contributed by atoms with Gasteiger partial charge >= 0.3 is 0 Å². The molecule has 0 aliphatic carbocycles. The first kappa shape index (κ1) is 13.2. The molecule has 17 heavy (non-hydrogen) atoms. The second kappa shape index (κ2) is 8.32. The summed E-state index contributed by atoms with van der Waals surface area (Å²) < 4.78 is 0. The summed E-state index contributed by atoms with van der Waals surface area (Å²) in [6.07, 6.45) is 11.9. The molecule has 1 aromatic carbocycles. The average molecular weight is 225 g/mol. The molecule has 1 aromatic rings. The van der Waals surface area contributed by atoms with Gasteiger partial charge in [-0.05, 0) is 43.3 Å². The van der Waals surface area contributed by atoms with Gasteiger partial charge in [0.2, 0.25) is 0 Å². The number of aliphatic imine (C=N–C) groups is 1. The van der Waals surface area contributed by atoms with Gasteiger partial charge in [-0.3, -0.25) is 0 Å². The molecule has 0 N–H and O–H groups in total. The maximum atomic E-state index is 4.34. The van der Waals surface area contributed by atoms with Gasteiger partial charge in [0.25, 0.3) is 0 Å². The van der Waals surface area contributed by atoms with Crippen molar-refractivity contribution in [3.63, 3.8) is 0 Å². The second-order valence-electron chi connectivity index (χ2n) is 3.62. The van der Waals surface area contributed by atoms with Crippen LogP contribution in [-0.2, 0) is 6.42 Å². The van der Waals surface area contributed by atoms with E-state index in [0.29, 0.717) is 0 Å². The fourth-order valence-electron chi connectivity index (χ4n) is 1.42. The van der Waals surface area contributed by atoms with E-state index < -0.39 is 0 Å². The smallest absolute Gasteiger partial charge is 0.0761 e. The highest BCUT2D eigenvalue weighted by molar-refractivity contribution is 5.61. The first-order valence-electron chi connectivity index (χ1n) is 6.02. The van der Waals surface area contributed by atoms with Crippen molar-refractivity contribution >= 4 is 11.6 Å². The predicted molar refractivity (Wildman–Crippen MR) is 76.1 cm³/mol. The fraction of sp³-hybridized carbons (Fsp3) is 0.250. The van der Waals surface area contributed by atoms with Gasteiger partial charge < -0.3 is 0 Å². The molecule has 1 heteroatoms. The normalized spacial score (nSPS) is 10.7.